The maximum Gasteiger partial charge on any atom is 0.261 e. The molecule has 0 saturated carbocycles. The van der Waals surface area contributed by atoms with Gasteiger partial charge in [-0.15, -0.1) is 0 Å². The highest BCUT2D eigenvalue weighted by atomic mass is 16.2. The van der Waals surface area contributed by atoms with Gasteiger partial charge in [0.1, 0.15) is 0 Å². The number of imide groups is 1. The summed E-state index contributed by atoms with van der Waals surface area (Å²) < 4.78 is 1.97. The minimum atomic E-state index is -0.207. The van der Waals surface area contributed by atoms with Gasteiger partial charge in [-0.05, 0) is 38.8 Å². The zero-order chi connectivity index (χ0) is 23.4. The maximum atomic E-state index is 12.6. The smallest absolute Gasteiger partial charge is 0.261 e. The predicted molar refractivity (Wildman–Crippen MR) is 125 cm³/mol. The second-order valence-corrected chi connectivity index (χ2v) is 8.87. The summed E-state index contributed by atoms with van der Waals surface area (Å²) in [6.45, 7) is 9.58. The number of nitrogens with zero attached hydrogens (tertiary/aromatic N) is 5. The Morgan fingerprint density at radius 2 is 1.64 bits per heavy atom. The molecule has 1 aromatic heterocycles. The Balaban J connectivity index is 1.13. The number of hydrogen-bond acceptors (Lipinski definition) is 5. The molecular weight excluding hydrogens is 418 g/mol. The van der Waals surface area contributed by atoms with E-state index in [-0.39, 0.29) is 17.7 Å². The molecule has 3 heterocycles. The zero-order valence-electron chi connectivity index (χ0n) is 19.6. The van der Waals surface area contributed by atoms with Crippen molar-refractivity contribution in [2.45, 2.75) is 52.6 Å². The molecule has 1 saturated heterocycles. The van der Waals surface area contributed by atoms with Crippen molar-refractivity contribution in [3.63, 3.8) is 0 Å². The molecule has 2 aliphatic heterocycles. The molecule has 2 aromatic rings. The van der Waals surface area contributed by atoms with Gasteiger partial charge in [-0.25, -0.2) is 0 Å². The first-order valence-electron chi connectivity index (χ1n) is 12.0. The maximum absolute atomic E-state index is 12.6. The Morgan fingerprint density at radius 3 is 2.24 bits per heavy atom. The highest BCUT2D eigenvalue weighted by Crippen LogP contribution is 2.23. The number of rotatable bonds is 9. The topological polar surface area (TPSA) is 78.8 Å². The van der Waals surface area contributed by atoms with Crippen LogP contribution in [0.15, 0.2) is 30.5 Å². The molecular formula is C25H33N5O3. The van der Waals surface area contributed by atoms with E-state index in [1.165, 1.54) is 10.5 Å². The van der Waals surface area contributed by atoms with Crippen LogP contribution in [0.4, 0.5) is 0 Å². The van der Waals surface area contributed by atoms with Gasteiger partial charge in [0.15, 0.2) is 0 Å². The Hall–Kier alpha value is -3.00. The molecule has 8 nitrogen and oxygen atoms in total. The molecule has 0 spiro atoms. The van der Waals surface area contributed by atoms with Crippen molar-refractivity contribution < 1.29 is 14.4 Å². The van der Waals surface area contributed by atoms with E-state index in [4.69, 9.17) is 0 Å². The minimum Gasteiger partial charge on any atom is -0.340 e. The van der Waals surface area contributed by atoms with Gasteiger partial charge >= 0.3 is 0 Å². The molecule has 0 N–H and O–H groups in total. The Labute approximate surface area is 195 Å². The summed E-state index contributed by atoms with van der Waals surface area (Å²) in [5.74, 6) is -0.214. The molecule has 3 amide bonds. The third-order valence-corrected chi connectivity index (χ3v) is 6.64. The van der Waals surface area contributed by atoms with Gasteiger partial charge in [0.05, 0.1) is 16.8 Å². The molecule has 0 unspecified atom stereocenters. The van der Waals surface area contributed by atoms with Crippen LogP contribution in [0.1, 0.15) is 64.6 Å². The fourth-order valence-electron chi connectivity index (χ4n) is 4.60. The van der Waals surface area contributed by atoms with E-state index < -0.39 is 0 Å². The number of benzene rings is 1. The standard InChI is InChI=1S/C25H33N5O3/c1-3-29-18-20(19(2)26-29)17-27-13-15-28(16-14-27)23(31)11-5-4-8-12-30-24(32)21-9-6-7-10-22(21)25(30)33/h6-7,9-10,18H,3-5,8,11-17H2,1-2H3. The number of aryl methyl sites for hydroxylation is 2. The normalized spacial score (nSPS) is 16.5. The Morgan fingerprint density at radius 1 is 0.970 bits per heavy atom. The highest BCUT2D eigenvalue weighted by molar-refractivity contribution is 6.21. The molecule has 33 heavy (non-hydrogen) atoms. The summed E-state index contributed by atoms with van der Waals surface area (Å²) in [6, 6.07) is 6.96. The van der Waals surface area contributed by atoms with Gasteiger partial charge in [0.25, 0.3) is 11.8 Å². The number of piperazine rings is 1. The van der Waals surface area contributed by atoms with Gasteiger partial charge in [-0.1, -0.05) is 18.6 Å². The lowest BCUT2D eigenvalue weighted by Gasteiger charge is -2.34. The van der Waals surface area contributed by atoms with Crippen molar-refractivity contribution in [3.05, 3.63) is 52.8 Å². The fourth-order valence-corrected chi connectivity index (χ4v) is 4.60. The number of carbonyl (C=O) groups is 3. The van der Waals surface area contributed by atoms with Gasteiger partial charge in [-0.3, -0.25) is 28.9 Å². The van der Waals surface area contributed by atoms with Gasteiger partial charge in [-0.2, -0.15) is 5.10 Å². The van der Waals surface area contributed by atoms with Crippen molar-refractivity contribution in [2.75, 3.05) is 32.7 Å². The second-order valence-electron chi connectivity index (χ2n) is 8.87. The minimum absolute atomic E-state index is 0.199. The van der Waals surface area contributed by atoms with E-state index in [9.17, 15) is 14.4 Å². The van der Waals surface area contributed by atoms with Crippen LogP contribution in [-0.2, 0) is 17.9 Å². The van der Waals surface area contributed by atoms with Crippen molar-refractivity contribution in [1.82, 2.24) is 24.5 Å². The molecule has 0 bridgehead atoms. The number of fused-ring (bicyclic) bond motifs is 1. The Kier molecular flexibility index (Phi) is 7.23. The lowest BCUT2D eigenvalue weighted by Crippen LogP contribution is -2.48. The summed E-state index contributed by atoms with van der Waals surface area (Å²) >= 11 is 0. The Bertz CT molecular complexity index is 988. The SMILES string of the molecule is CCn1cc(CN2CCN(C(=O)CCCCCN3C(=O)c4ccccc4C3=O)CC2)c(C)n1. The van der Waals surface area contributed by atoms with Gasteiger partial charge < -0.3 is 4.90 Å². The van der Waals surface area contributed by atoms with Crippen LogP contribution in [0, 0.1) is 6.92 Å². The van der Waals surface area contributed by atoms with E-state index in [1.807, 2.05) is 9.58 Å². The monoisotopic (exact) mass is 451 g/mol. The van der Waals surface area contributed by atoms with Gasteiger partial charge in [0.2, 0.25) is 5.91 Å². The molecule has 0 aliphatic carbocycles. The summed E-state index contributed by atoms with van der Waals surface area (Å²) in [5, 5.41) is 4.52. The van der Waals surface area contributed by atoms with Crippen LogP contribution in [0.3, 0.4) is 0 Å². The van der Waals surface area contributed by atoms with Gasteiger partial charge in [0, 0.05) is 64.0 Å². The van der Waals surface area contributed by atoms with Crippen molar-refractivity contribution >= 4 is 17.7 Å². The molecule has 1 aromatic carbocycles. The number of aromatic nitrogens is 2. The average molecular weight is 452 g/mol. The fraction of sp³-hybridized carbons (Fsp3) is 0.520. The molecule has 0 radical (unpaired) electrons. The first-order valence-corrected chi connectivity index (χ1v) is 12.0. The molecule has 2 aliphatic rings. The van der Waals surface area contributed by atoms with E-state index in [2.05, 4.69) is 30.0 Å². The third kappa shape index (κ3) is 5.16. The average Bonchev–Trinajstić information content (AvgIpc) is 3.31. The lowest BCUT2D eigenvalue weighted by atomic mass is 10.1. The molecule has 8 heteroatoms. The first kappa shape index (κ1) is 23.2. The van der Waals surface area contributed by atoms with Crippen LogP contribution in [-0.4, -0.2) is 74.9 Å². The van der Waals surface area contributed by atoms with Crippen molar-refractivity contribution in [1.29, 1.82) is 0 Å². The van der Waals surface area contributed by atoms with Crippen LogP contribution in [0.25, 0.3) is 0 Å². The van der Waals surface area contributed by atoms with Crippen molar-refractivity contribution in [2.24, 2.45) is 0 Å². The zero-order valence-corrected chi connectivity index (χ0v) is 19.6. The predicted octanol–water partition coefficient (Wildman–Crippen LogP) is 2.71. The number of carbonyl (C=O) groups excluding carboxylic acids is 3. The van der Waals surface area contributed by atoms with E-state index in [1.54, 1.807) is 24.3 Å². The second kappa shape index (κ2) is 10.3. The van der Waals surface area contributed by atoms with Crippen LogP contribution >= 0.6 is 0 Å². The molecule has 0 atom stereocenters. The summed E-state index contributed by atoms with van der Waals surface area (Å²) in [7, 11) is 0. The number of hydrogen-bond donors (Lipinski definition) is 0. The first-order chi connectivity index (χ1) is 16.0. The summed E-state index contributed by atoms with van der Waals surface area (Å²) in [6.07, 6.45) is 4.95. The van der Waals surface area contributed by atoms with Crippen LogP contribution in [0.5, 0.6) is 0 Å². The quantitative estimate of drug-likeness (QED) is 0.433. The molecule has 176 valence electrons. The van der Waals surface area contributed by atoms with Crippen LogP contribution in [0.2, 0.25) is 0 Å². The third-order valence-electron chi connectivity index (χ3n) is 6.64. The lowest BCUT2D eigenvalue weighted by molar-refractivity contribution is -0.133. The largest absolute Gasteiger partial charge is 0.340 e. The summed E-state index contributed by atoms with van der Waals surface area (Å²) in [4.78, 5) is 43.1. The number of amides is 3. The van der Waals surface area contributed by atoms with Crippen LogP contribution < -0.4 is 0 Å². The van der Waals surface area contributed by atoms with E-state index >= 15 is 0 Å². The highest BCUT2D eigenvalue weighted by Gasteiger charge is 2.34. The van der Waals surface area contributed by atoms with E-state index in [0.717, 1.165) is 64.2 Å². The van der Waals surface area contributed by atoms with E-state index in [0.29, 0.717) is 24.1 Å². The molecule has 4 rings (SSSR count). The summed E-state index contributed by atoms with van der Waals surface area (Å²) in [5.41, 5.74) is 3.32. The number of unbranched alkanes of at least 4 members (excludes halogenated alkanes) is 2. The molecule has 1 fully saturated rings. The van der Waals surface area contributed by atoms with Crippen molar-refractivity contribution in [3.8, 4) is 0 Å².